The highest BCUT2D eigenvalue weighted by atomic mass is 16.5. The van der Waals surface area contributed by atoms with Gasteiger partial charge in [0, 0.05) is 36.0 Å². The van der Waals surface area contributed by atoms with Crippen LogP contribution < -0.4 is 15.4 Å². The predicted octanol–water partition coefficient (Wildman–Crippen LogP) is 4.36. The molecule has 2 fully saturated rings. The maximum atomic E-state index is 12.6. The lowest BCUT2D eigenvalue weighted by Crippen LogP contribution is -2.43. The van der Waals surface area contributed by atoms with E-state index in [2.05, 4.69) is 20.7 Å². The predicted molar refractivity (Wildman–Crippen MR) is 140 cm³/mol. The molecule has 0 aliphatic heterocycles. The van der Waals surface area contributed by atoms with E-state index in [1.165, 1.54) is 0 Å². The summed E-state index contributed by atoms with van der Waals surface area (Å²) in [6, 6.07) is 11.6. The molecule has 3 aromatic heterocycles. The fourth-order valence-electron chi connectivity index (χ4n) is 5.00. The van der Waals surface area contributed by atoms with E-state index in [4.69, 9.17) is 9.72 Å². The molecule has 6 rings (SSSR count). The van der Waals surface area contributed by atoms with Crippen molar-refractivity contribution in [3.63, 3.8) is 0 Å². The number of carbonyl (C=O) groups is 1. The lowest BCUT2D eigenvalue weighted by Gasteiger charge is -2.41. The Morgan fingerprint density at radius 3 is 2.76 bits per heavy atom. The number of nitrogens with one attached hydrogen (secondary N) is 2. The SMILES string of the molecule is Cc1cc(-c2cnn3c(NCC4CC(C)(O)C4)cc(Oc4cccnc4)nc23)ccc1C(=O)NC1CC1. The summed E-state index contributed by atoms with van der Waals surface area (Å²) < 4.78 is 7.81. The van der Waals surface area contributed by atoms with Gasteiger partial charge in [-0.3, -0.25) is 9.78 Å². The van der Waals surface area contributed by atoms with Crippen molar-refractivity contribution < 1.29 is 14.6 Å². The molecule has 3 N–H and O–H groups in total. The number of rotatable bonds is 8. The zero-order valence-corrected chi connectivity index (χ0v) is 20.9. The zero-order chi connectivity index (χ0) is 25.6. The number of hydrogen-bond donors (Lipinski definition) is 3. The number of aromatic nitrogens is 4. The first-order valence-corrected chi connectivity index (χ1v) is 12.7. The van der Waals surface area contributed by atoms with E-state index >= 15 is 0 Å². The number of nitrogens with zero attached hydrogens (tertiary/aromatic N) is 4. The molecule has 0 radical (unpaired) electrons. The molecule has 2 aliphatic carbocycles. The molecule has 3 heterocycles. The lowest BCUT2D eigenvalue weighted by molar-refractivity contribution is -0.0524. The molecule has 1 amide bonds. The van der Waals surface area contributed by atoms with Crippen molar-refractivity contribution in [2.75, 3.05) is 11.9 Å². The van der Waals surface area contributed by atoms with Crippen LogP contribution in [0.15, 0.2) is 55.0 Å². The summed E-state index contributed by atoms with van der Waals surface area (Å²) in [5.41, 5.74) is 3.39. The smallest absolute Gasteiger partial charge is 0.251 e. The van der Waals surface area contributed by atoms with E-state index in [1.807, 2.05) is 50.2 Å². The number of pyridine rings is 1. The van der Waals surface area contributed by atoms with Gasteiger partial charge in [-0.2, -0.15) is 14.6 Å². The van der Waals surface area contributed by atoms with Gasteiger partial charge in [0.05, 0.1) is 18.0 Å². The molecular weight excluding hydrogens is 468 g/mol. The number of hydrogen-bond acceptors (Lipinski definition) is 7. The molecule has 2 aliphatic rings. The number of aryl methyl sites for hydroxylation is 1. The Hall–Kier alpha value is -3.98. The summed E-state index contributed by atoms with van der Waals surface area (Å²) >= 11 is 0. The minimum absolute atomic E-state index is 0.0295. The number of amides is 1. The van der Waals surface area contributed by atoms with E-state index in [9.17, 15) is 9.90 Å². The van der Waals surface area contributed by atoms with Crippen LogP contribution in [0, 0.1) is 12.8 Å². The van der Waals surface area contributed by atoms with Gasteiger partial charge in [-0.05, 0) is 74.8 Å². The molecule has 2 saturated carbocycles. The number of anilines is 1. The van der Waals surface area contributed by atoms with Crippen molar-refractivity contribution in [3.8, 4) is 22.8 Å². The van der Waals surface area contributed by atoms with Gasteiger partial charge in [-0.25, -0.2) is 0 Å². The van der Waals surface area contributed by atoms with E-state index < -0.39 is 5.60 Å². The highest BCUT2D eigenvalue weighted by Crippen LogP contribution is 2.37. The molecular formula is C28H30N6O3. The van der Waals surface area contributed by atoms with Gasteiger partial charge >= 0.3 is 0 Å². The van der Waals surface area contributed by atoms with Crippen LogP contribution in [0.4, 0.5) is 5.82 Å². The van der Waals surface area contributed by atoms with Crippen LogP contribution in [-0.2, 0) is 0 Å². The van der Waals surface area contributed by atoms with Crippen LogP contribution in [0.25, 0.3) is 16.8 Å². The molecule has 37 heavy (non-hydrogen) atoms. The number of fused-ring (bicyclic) bond motifs is 1. The Morgan fingerprint density at radius 2 is 2.05 bits per heavy atom. The normalized spacial score (nSPS) is 20.9. The Bertz CT molecular complexity index is 1450. The molecule has 9 heteroatoms. The topological polar surface area (TPSA) is 114 Å². The summed E-state index contributed by atoms with van der Waals surface area (Å²) in [5, 5.41) is 21.3. The first-order valence-electron chi connectivity index (χ1n) is 12.7. The third-order valence-corrected chi connectivity index (χ3v) is 7.03. The Balaban J connectivity index is 1.33. The Labute approximate surface area is 214 Å². The molecule has 9 nitrogen and oxygen atoms in total. The minimum atomic E-state index is -0.576. The van der Waals surface area contributed by atoms with Crippen molar-refractivity contribution in [2.45, 2.75) is 51.2 Å². The Morgan fingerprint density at radius 1 is 1.22 bits per heavy atom. The van der Waals surface area contributed by atoms with Crippen LogP contribution in [0.5, 0.6) is 11.6 Å². The molecule has 0 unspecified atom stereocenters. The van der Waals surface area contributed by atoms with Gasteiger partial charge in [0.15, 0.2) is 5.65 Å². The molecule has 0 bridgehead atoms. The summed E-state index contributed by atoms with van der Waals surface area (Å²) in [4.78, 5) is 21.5. The van der Waals surface area contributed by atoms with Crippen LogP contribution in [0.3, 0.4) is 0 Å². The van der Waals surface area contributed by atoms with Crippen molar-refractivity contribution in [3.05, 3.63) is 66.1 Å². The minimum Gasteiger partial charge on any atom is -0.437 e. The highest BCUT2D eigenvalue weighted by Gasteiger charge is 2.38. The maximum Gasteiger partial charge on any atom is 0.251 e. The van der Waals surface area contributed by atoms with Crippen LogP contribution in [0.1, 0.15) is 48.5 Å². The largest absolute Gasteiger partial charge is 0.437 e. The fourth-order valence-corrected chi connectivity index (χ4v) is 5.00. The lowest BCUT2D eigenvalue weighted by atomic mass is 9.72. The van der Waals surface area contributed by atoms with E-state index in [1.54, 1.807) is 23.1 Å². The molecule has 0 saturated heterocycles. The summed E-state index contributed by atoms with van der Waals surface area (Å²) in [5.74, 6) is 2.11. The molecule has 190 valence electrons. The van der Waals surface area contributed by atoms with Crippen molar-refractivity contribution >= 4 is 17.4 Å². The summed E-state index contributed by atoms with van der Waals surface area (Å²) in [7, 11) is 0. The summed E-state index contributed by atoms with van der Waals surface area (Å²) in [6.07, 6.45) is 8.74. The van der Waals surface area contributed by atoms with Crippen LogP contribution in [-0.4, -0.2) is 48.8 Å². The van der Waals surface area contributed by atoms with Crippen LogP contribution in [0.2, 0.25) is 0 Å². The van der Waals surface area contributed by atoms with Gasteiger partial charge in [0.25, 0.3) is 5.91 Å². The summed E-state index contributed by atoms with van der Waals surface area (Å²) in [6.45, 7) is 4.53. The van der Waals surface area contributed by atoms with Gasteiger partial charge < -0.3 is 20.5 Å². The molecule has 0 atom stereocenters. The van der Waals surface area contributed by atoms with Crippen molar-refractivity contribution in [1.82, 2.24) is 24.9 Å². The monoisotopic (exact) mass is 498 g/mol. The number of aliphatic hydroxyl groups is 1. The Kier molecular flexibility index (Phi) is 5.79. The number of ether oxygens (including phenoxy) is 1. The molecule has 1 aromatic carbocycles. The second-order valence-corrected chi connectivity index (χ2v) is 10.5. The third-order valence-electron chi connectivity index (χ3n) is 7.03. The van der Waals surface area contributed by atoms with Crippen molar-refractivity contribution in [2.24, 2.45) is 5.92 Å². The van der Waals surface area contributed by atoms with Gasteiger partial charge in [0.1, 0.15) is 11.6 Å². The van der Waals surface area contributed by atoms with E-state index in [0.29, 0.717) is 41.3 Å². The highest BCUT2D eigenvalue weighted by molar-refractivity contribution is 5.97. The van der Waals surface area contributed by atoms with Gasteiger partial charge in [-0.15, -0.1) is 0 Å². The van der Waals surface area contributed by atoms with E-state index in [-0.39, 0.29) is 5.91 Å². The van der Waals surface area contributed by atoms with Gasteiger partial charge in [-0.1, -0.05) is 12.1 Å². The standard InChI is InChI=1S/C28H30N6O3/c1-17-10-19(5-8-22(17)27(35)32-20-6-7-20)23-16-31-34-24(30-14-18-12-28(2,36)13-18)11-25(33-26(23)34)37-21-4-3-9-29-15-21/h3-5,8-11,15-16,18,20,30,36H,6-7,12-14H2,1-2H3,(H,32,35). The quantitative estimate of drug-likeness (QED) is 0.331. The first-order chi connectivity index (χ1) is 17.8. The zero-order valence-electron chi connectivity index (χ0n) is 20.9. The second kappa shape index (κ2) is 9.15. The van der Waals surface area contributed by atoms with E-state index in [0.717, 1.165) is 48.2 Å². The average Bonchev–Trinajstić information content (AvgIpc) is 3.57. The number of carbonyl (C=O) groups excluding carboxylic acids is 1. The van der Waals surface area contributed by atoms with Crippen LogP contribution >= 0.6 is 0 Å². The first kappa shape index (κ1) is 23.4. The third kappa shape index (κ3) is 4.99. The molecule has 0 spiro atoms. The number of benzene rings is 1. The van der Waals surface area contributed by atoms with Gasteiger partial charge in [0.2, 0.25) is 5.88 Å². The fraction of sp³-hybridized carbons (Fsp3) is 0.357. The average molecular weight is 499 g/mol. The molecule has 4 aromatic rings. The van der Waals surface area contributed by atoms with Crippen molar-refractivity contribution in [1.29, 1.82) is 0 Å². The maximum absolute atomic E-state index is 12.6. The second-order valence-electron chi connectivity index (χ2n) is 10.5.